The Morgan fingerprint density at radius 3 is 2.36 bits per heavy atom. The Kier molecular flexibility index (Phi) is 4.93. The van der Waals surface area contributed by atoms with Crippen molar-refractivity contribution in [3.63, 3.8) is 0 Å². The average Bonchev–Trinajstić information content (AvgIpc) is 2.78. The van der Waals surface area contributed by atoms with Gasteiger partial charge in [0.25, 0.3) is 5.91 Å². The van der Waals surface area contributed by atoms with E-state index in [0.29, 0.717) is 23.5 Å². The van der Waals surface area contributed by atoms with Crippen LogP contribution >= 0.6 is 0 Å². The van der Waals surface area contributed by atoms with Gasteiger partial charge in [-0.25, -0.2) is 4.98 Å². The van der Waals surface area contributed by atoms with E-state index in [0.717, 1.165) is 12.8 Å². The zero-order valence-corrected chi connectivity index (χ0v) is 13.1. The minimum atomic E-state index is -0.0510. The van der Waals surface area contributed by atoms with E-state index in [2.05, 4.69) is 15.6 Å². The van der Waals surface area contributed by atoms with Crippen LogP contribution < -0.4 is 16.4 Å². The summed E-state index contributed by atoms with van der Waals surface area (Å²) in [5.41, 5.74) is 6.13. The molecule has 1 heterocycles. The van der Waals surface area contributed by atoms with Crippen LogP contribution in [0.15, 0.2) is 18.3 Å². The molecule has 0 bridgehead atoms. The second-order valence-corrected chi connectivity index (χ2v) is 6.59. The summed E-state index contributed by atoms with van der Waals surface area (Å²) in [6, 6.07) is 4.69. The molecule has 3 rings (SSSR count). The molecule has 2 atom stereocenters. The van der Waals surface area contributed by atoms with E-state index in [-0.39, 0.29) is 11.9 Å². The number of amides is 1. The summed E-state index contributed by atoms with van der Waals surface area (Å²) >= 11 is 0. The van der Waals surface area contributed by atoms with Crippen molar-refractivity contribution in [2.24, 2.45) is 0 Å². The molecule has 2 saturated carbocycles. The van der Waals surface area contributed by atoms with Crippen LogP contribution in [-0.2, 0) is 0 Å². The van der Waals surface area contributed by atoms with Crippen LogP contribution in [0.3, 0.4) is 0 Å². The Balaban J connectivity index is 1.50. The van der Waals surface area contributed by atoms with E-state index in [1.165, 1.54) is 44.7 Å². The van der Waals surface area contributed by atoms with E-state index in [9.17, 15) is 4.79 Å². The van der Waals surface area contributed by atoms with E-state index in [1.54, 1.807) is 12.1 Å². The number of hydrogen-bond donors (Lipinski definition) is 3. The number of pyridine rings is 1. The molecule has 5 nitrogen and oxygen atoms in total. The predicted octanol–water partition coefficient (Wildman–Crippen LogP) is 2.24. The standard InChI is InChI=1S/C17H26N4O/c18-16-10-7-12(11-19-16)17(22)21-15-9-8-14(15)20-13-5-3-1-2-4-6-13/h7,10-11,13-15,20H,1-6,8-9H2,(H2,18,19)(H,21,22)/t14-,15+/m0/s1. The van der Waals surface area contributed by atoms with Crippen LogP contribution in [0.4, 0.5) is 5.82 Å². The fourth-order valence-electron chi connectivity index (χ4n) is 3.41. The van der Waals surface area contributed by atoms with Crippen molar-refractivity contribution in [3.05, 3.63) is 23.9 Å². The van der Waals surface area contributed by atoms with Gasteiger partial charge in [0.05, 0.1) is 5.56 Å². The Morgan fingerprint density at radius 2 is 1.77 bits per heavy atom. The fourth-order valence-corrected chi connectivity index (χ4v) is 3.41. The van der Waals surface area contributed by atoms with E-state index in [4.69, 9.17) is 5.73 Å². The highest BCUT2D eigenvalue weighted by Crippen LogP contribution is 2.24. The van der Waals surface area contributed by atoms with Crippen LogP contribution in [0.5, 0.6) is 0 Å². The Hall–Kier alpha value is -1.62. The topological polar surface area (TPSA) is 80.0 Å². The number of carbonyl (C=O) groups is 1. The third-order valence-electron chi connectivity index (χ3n) is 4.94. The number of anilines is 1. The van der Waals surface area contributed by atoms with Gasteiger partial charge in [0.15, 0.2) is 0 Å². The first-order valence-electron chi connectivity index (χ1n) is 8.51. The first-order chi connectivity index (χ1) is 10.7. The van der Waals surface area contributed by atoms with Gasteiger partial charge in [-0.3, -0.25) is 4.79 Å². The fraction of sp³-hybridized carbons (Fsp3) is 0.647. The molecule has 0 radical (unpaired) electrons. The maximum Gasteiger partial charge on any atom is 0.253 e. The van der Waals surface area contributed by atoms with Crippen molar-refractivity contribution in [3.8, 4) is 0 Å². The van der Waals surface area contributed by atoms with Gasteiger partial charge in [-0.2, -0.15) is 0 Å². The maximum absolute atomic E-state index is 12.2. The molecule has 2 aliphatic rings. The zero-order chi connectivity index (χ0) is 15.4. The molecule has 1 aromatic heterocycles. The number of nitrogens with zero attached hydrogens (tertiary/aromatic N) is 1. The molecule has 1 aromatic rings. The number of hydrogen-bond acceptors (Lipinski definition) is 4. The molecule has 0 spiro atoms. The third-order valence-corrected chi connectivity index (χ3v) is 4.94. The summed E-state index contributed by atoms with van der Waals surface area (Å²) in [4.78, 5) is 16.2. The molecule has 0 unspecified atom stereocenters. The second kappa shape index (κ2) is 7.09. The SMILES string of the molecule is Nc1ccc(C(=O)N[C@@H]2CC[C@@H]2NC2CCCCCC2)cn1. The lowest BCUT2D eigenvalue weighted by molar-refractivity contribution is 0.0887. The van der Waals surface area contributed by atoms with Crippen LogP contribution in [-0.4, -0.2) is 29.0 Å². The number of rotatable bonds is 4. The van der Waals surface area contributed by atoms with Gasteiger partial charge < -0.3 is 16.4 Å². The smallest absolute Gasteiger partial charge is 0.253 e. The summed E-state index contributed by atoms with van der Waals surface area (Å²) in [5, 5.41) is 6.89. The zero-order valence-electron chi connectivity index (χ0n) is 13.1. The van der Waals surface area contributed by atoms with Gasteiger partial charge in [-0.05, 0) is 37.8 Å². The first-order valence-corrected chi connectivity index (χ1v) is 8.51. The molecule has 5 heteroatoms. The highest BCUT2D eigenvalue weighted by Gasteiger charge is 2.33. The van der Waals surface area contributed by atoms with Gasteiger partial charge in [-0.15, -0.1) is 0 Å². The maximum atomic E-state index is 12.2. The molecule has 0 aliphatic heterocycles. The first kappa shape index (κ1) is 15.3. The van der Waals surface area contributed by atoms with Crippen molar-refractivity contribution in [2.75, 3.05) is 5.73 Å². The lowest BCUT2D eigenvalue weighted by Crippen LogP contribution is -2.58. The Labute approximate surface area is 132 Å². The van der Waals surface area contributed by atoms with Gasteiger partial charge in [0.1, 0.15) is 5.82 Å². The Bertz CT molecular complexity index is 494. The predicted molar refractivity (Wildman–Crippen MR) is 87.6 cm³/mol. The number of aromatic nitrogens is 1. The van der Waals surface area contributed by atoms with Gasteiger partial charge >= 0.3 is 0 Å². The van der Waals surface area contributed by atoms with Crippen molar-refractivity contribution < 1.29 is 4.79 Å². The van der Waals surface area contributed by atoms with E-state index in [1.807, 2.05) is 0 Å². The van der Waals surface area contributed by atoms with Gasteiger partial charge in [-0.1, -0.05) is 25.7 Å². The second-order valence-electron chi connectivity index (χ2n) is 6.59. The summed E-state index contributed by atoms with van der Waals surface area (Å²) in [7, 11) is 0. The molecule has 22 heavy (non-hydrogen) atoms. The molecule has 0 aromatic carbocycles. The molecule has 4 N–H and O–H groups in total. The van der Waals surface area contributed by atoms with E-state index >= 15 is 0 Å². The van der Waals surface area contributed by atoms with Crippen LogP contribution in [0.2, 0.25) is 0 Å². The third kappa shape index (κ3) is 3.77. The molecule has 120 valence electrons. The molecule has 0 saturated heterocycles. The van der Waals surface area contributed by atoms with Crippen LogP contribution in [0.25, 0.3) is 0 Å². The largest absolute Gasteiger partial charge is 0.384 e. The van der Waals surface area contributed by atoms with E-state index < -0.39 is 0 Å². The molecule has 2 fully saturated rings. The van der Waals surface area contributed by atoms with Gasteiger partial charge in [0.2, 0.25) is 0 Å². The normalized spacial score (nSPS) is 26.0. The van der Waals surface area contributed by atoms with Crippen molar-refractivity contribution >= 4 is 11.7 Å². The summed E-state index contributed by atoms with van der Waals surface area (Å²) < 4.78 is 0. The number of nitrogen functional groups attached to an aromatic ring is 1. The Morgan fingerprint density at radius 1 is 1.05 bits per heavy atom. The quantitative estimate of drug-likeness (QED) is 0.745. The molecular weight excluding hydrogens is 276 g/mol. The van der Waals surface area contributed by atoms with Gasteiger partial charge in [0, 0.05) is 24.3 Å². The number of carbonyl (C=O) groups excluding carboxylic acids is 1. The molecule has 2 aliphatic carbocycles. The lowest BCUT2D eigenvalue weighted by atomic mass is 9.85. The highest BCUT2D eigenvalue weighted by atomic mass is 16.1. The number of nitrogens with two attached hydrogens (primary N) is 1. The van der Waals surface area contributed by atoms with Crippen LogP contribution in [0.1, 0.15) is 61.7 Å². The molecular formula is C17H26N4O. The monoisotopic (exact) mass is 302 g/mol. The van der Waals surface area contributed by atoms with Crippen LogP contribution in [0, 0.1) is 0 Å². The molecule has 1 amide bonds. The van der Waals surface area contributed by atoms with Crippen molar-refractivity contribution in [1.29, 1.82) is 0 Å². The van der Waals surface area contributed by atoms with Crippen molar-refractivity contribution in [1.82, 2.24) is 15.6 Å². The average molecular weight is 302 g/mol. The lowest BCUT2D eigenvalue weighted by Gasteiger charge is -2.40. The highest BCUT2D eigenvalue weighted by molar-refractivity contribution is 5.94. The summed E-state index contributed by atoms with van der Waals surface area (Å²) in [5.74, 6) is 0.387. The summed E-state index contributed by atoms with van der Waals surface area (Å²) in [6.07, 6.45) is 11.7. The number of nitrogens with one attached hydrogen (secondary N) is 2. The summed E-state index contributed by atoms with van der Waals surface area (Å²) in [6.45, 7) is 0. The van der Waals surface area contributed by atoms with Crippen molar-refractivity contribution in [2.45, 2.75) is 69.5 Å². The minimum absolute atomic E-state index is 0.0510. The minimum Gasteiger partial charge on any atom is -0.384 e.